The van der Waals surface area contributed by atoms with E-state index in [-0.39, 0.29) is 29.2 Å². The molecule has 1 atom stereocenters. The van der Waals surface area contributed by atoms with Crippen LogP contribution in [0, 0.1) is 35.6 Å². The number of aromatic nitrogens is 2. The molecule has 6 nitrogen and oxygen atoms in total. The Balaban J connectivity index is 2.30. The lowest BCUT2D eigenvalue weighted by Crippen LogP contribution is -2.13. The van der Waals surface area contributed by atoms with Crippen LogP contribution in [0.2, 0.25) is 0 Å². The lowest BCUT2D eigenvalue weighted by atomic mass is 10.1. The van der Waals surface area contributed by atoms with Crippen molar-refractivity contribution in [1.29, 1.82) is 0 Å². The third-order valence-corrected chi connectivity index (χ3v) is 3.19. The Hall–Kier alpha value is -2.35. The molecule has 0 saturated carbocycles. The molecule has 0 amide bonds. The van der Waals surface area contributed by atoms with Gasteiger partial charge in [-0.2, -0.15) is 5.10 Å². The van der Waals surface area contributed by atoms with Crippen molar-refractivity contribution < 1.29 is 18.8 Å². The fourth-order valence-corrected chi connectivity index (χ4v) is 2.16. The fraction of sp³-hybridized carbons (Fsp3) is 0.308. The molecule has 1 unspecified atom stereocenters. The lowest BCUT2D eigenvalue weighted by Gasteiger charge is -2.13. The van der Waals surface area contributed by atoms with Gasteiger partial charge in [0.25, 0.3) is 0 Å². The number of nitrogens with zero attached hydrogens (tertiary/aromatic N) is 3. The Morgan fingerprint density at radius 3 is 2.62 bits per heavy atom. The van der Waals surface area contributed by atoms with E-state index in [1.807, 2.05) is 0 Å². The first kappa shape index (κ1) is 15.0. The van der Waals surface area contributed by atoms with Crippen molar-refractivity contribution in [2.75, 3.05) is 0 Å². The zero-order valence-corrected chi connectivity index (χ0v) is 11.4. The van der Waals surface area contributed by atoms with E-state index in [0.717, 1.165) is 12.1 Å². The van der Waals surface area contributed by atoms with Crippen LogP contribution >= 0.6 is 0 Å². The van der Waals surface area contributed by atoms with Crippen molar-refractivity contribution in [2.45, 2.75) is 26.5 Å². The summed E-state index contributed by atoms with van der Waals surface area (Å²) < 4.78 is 27.6. The second-order valence-corrected chi connectivity index (χ2v) is 4.64. The Kier molecular flexibility index (Phi) is 3.99. The summed E-state index contributed by atoms with van der Waals surface area (Å²) in [5.74, 6) is -1.62. The van der Waals surface area contributed by atoms with E-state index >= 15 is 0 Å². The van der Waals surface area contributed by atoms with Crippen LogP contribution in [0.5, 0.6) is 0 Å². The molecule has 2 aromatic rings. The van der Waals surface area contributed by atoms with Gasteiger partial charge in [-0.15, -0.1) is 0 Å². The van der Waals surface area contributed by atoms with Gasteiger partial charge in [-0.25, -0.2) is 8.78 Å². The van der Waals surface area contributed by atoms with Gasteiger partial charge in [0.15, 0.2) is 0 Å². The minimum Gasteiger partial charge on any atom is -0.386 e. The molecule has 1 heterocycles. The predicted molar refractivity (Wildman–Crippen MR) is 69.7 cm³/mol. The Bertz CT molecular complexity index is 700. The standard InChI is InChI=1S/C13H13F2N3O3/c1-7-13(18(20)21)8(2)17(16-7)6-12(19)10-4-3-9(14)5-11(10)15/h3-5,12,19H,6H2,1-2H3. The molecule has 0 radical (unpaired) electrons. The van der Waals surface area contributed by atoms with E-state index in [0.29, 0.717) is 6.07 Å². The molecule has 0 aliphatic carbocycles. The minimum atomic E-state index is -1.29. The first-order valence-corrected chi connectivity index (χ1v) is 6.12. The first-order chi connectivity index (χ1) is 9.81. The highest BCUT2D eigenvalue weighted by Crippen LogP contribution is 2.25. The molecule has 0 aliphatic rings. The predicted octanol–water partition coefficient (Wildman–Crippen LogP) is 2.42. The quantitative estimate of drug-likeness (QED) is 0.694. The van der Waals surface area contributed by atoms with Crippen LogP contribution in [0.25, 0.3) is 0 Å². The maximum atomic E-state index is 13.6. The summed E-state index contributed by atoms with van der Waals surface area (Å²) in [6.07, 6.45) is -1.29. The lowest BCUT2D eigenvalue weighted by molar-refractivity contribution is -0.386. The molecular weight excluding hydrogens is 284 g/mol. The summed E-state index contributed by atoms with van der Waals surface area (Å²) in [6, 6.07) is 2.84. The maximum Gasteiger partial charge on any atom is 0.312 e. The van der Waals surface area contributed by atoms with Gasteiger partial charge in [0.1, 0.15) is 29.1 Å². The molecule has 2 rings (SSSR count). The highest BCUT2D eigenvalue weighted by Gasteiger charge is 2.24. The van der Waals surface area contributed by atoms with E-state index in [4.69, 9.17) is 0 Å². The number of aliphatic hydroxyl groups excluding tert-OH is 1. The molecule has 8 heteroatoms. The highest BCUT2D eigenvalue weighted by atomic mass is 19.1. The zero-order chi connectivity index (χ0) is 15.7. The summed E-state index contributed by atoms with van der Waals surface area (Å²) in [5, 5.41) is 24.9. The molecule has 0 spiro atoms. The fourth-order valence-electron chi connectivity index (χ4n) is 2.16. The van der Waals surface area contributed by atoms with Crippen molar-refractivity contribution in [1.82, 2.24) is 9.78 Å². The summed E-state index contributed by atoms with van der Waals surface area (Å²) >= 11 is 0. The Labute approximate surface area is 118 Å². The molecule has 0 bridgehead atoms. The van der Waals surface area contributed by atoms with Gasteiger partial charge in [-0.1, -0.05) is 6.07 Å². The summed E-state index contributed by atoms with van der Waals surface area (Å²) in [4.78, 5) is 10.3. The van der Waals surface area contributed by atoms with Crippen molar-refractivity contribution in [3.05, 3.63) is 56.9 Å². The molecule has 1 aromatic heterocycles. The van der Waals surface area contributed by atoms with E-state index in [1.54, 1.807) is 0 Å². The molecular formula is C13H13F2N3O3. The van der Waals surface area contributed by atoms with E-state index in [9.17, 15) is 24.0 Å². The molecule has 21 heavy (non-hydrogen) atoms. The van der Waals surface area contributed by atoms with Gasteiger partial charge >= 0.3 is 5.69 Å². The third kappa shape index (κ3) is 2.89. The van der Waals surface area contributed by atoms with Gasteiger partial charge in [0.05, 0.1) is 11.5 Å². The number of hydrogen-bond acceptors (Lipinski definition) is 4. The Morgan fingerprint density at radius 1 is 1.43 bits per heavy atom. The number of halogens is 2. The minimum absolute atomic E-state index is 0.0911. The summed E-state index contributed by atoms with van der Waals surface area (Å²) in [6.45, 7) is 2.81. The molecule has 1 N–H and O–H groups in total. The SMILES string of the molecule is Cc1nn(CC(O)c2ccc(F)cc2F)c(C)c1[N+](=O)[O-]. The molecule has 112 valence electrons. The number of aryl methyl sites for hydroxylation is 1. The second-order valence-electron chi connectivity index (χ2n) is 4.64. The van der Waals surface area contributed by atoms with Crippen LogP contribution in [0.4, 0.5) is 14.5 Å². The van der Waals surface area contributed by atoms with Crippen LogP contribution in [0.1, 0.15) is 23.1 Å². The van der Waals surface area contributed by atoms with Crippen LogP contribution in [0.3, 0.4) is 0 Å². The third-order valence-electron chi connectivity index (χ3n) is 3.19. The highest BCUT2D eigenvalue weighted by molar-refractivity contribution is 5.39. The first-order valence-electron chi connectivity index (χ1n) is 6.12. The molecule has 1 aromatic carbocycles. The van der Waals surface area contributed by atoms with Gasteiger partial charge in [-0.05, 0) is 19.9 Å². The van der Waals surface area contributed by atoms with Crippen LogP contribution in [-0.4, -0.2) is 19.8 Å². The molecule has 0 aliphatic heterocycles. The maximum absolute atomic E-state index is 13.6. The summed E-state index contributed by atoms with van der Waals surface area (Å²) in [5.41, 5.74) is 0.247. The molecule has 0 fully saturated rings. The Morgan fingerprint density at radius 2 is 2.10 bits per heavy atom. The van der Waals surface area contributed by atoms with Crippen LogP contribution < -0.4 is 0 Å². The van der Waals surface area contributed by atoms with Gasteiger partial charge in [0, 0.05) is 11.6 Å². The largest absolute Gasteiger partial charge is 0.386 e. The van der Waals surface area contributed by atoms with Crippen molar-refractivity contribution in [3.8, 4) is 0 Å². The number of hydrogen-bond donors (Lipinski definition) is 1. The molecule has 0 saturated heterocycles. The van der Waals surface area contributed by atoms with E-state index in [2.05, 4.69) is 5.10 Å². The van der Waals surface area contributed by atoms with Gasteiger partial charge < -0.3 is 5.11 Å². The van der Waals surface area contributed by atoms with Gasteiger partial charge in [0.2, 0.25) is 0 Å². The topological polar surface area (TPSA) is 81.2 Å². The second kappa shape index (κ2) is 5.57. The number of nitro groups is 1. The average Bonchev–Trinajstić information content (AvgIpc) is 2.63. The van der Waals surface area contributed by atoms with Crippen molar-refractivity contribution in [3.63, 3.8) is 0 Å². The number of benzene rings is 1. The smallest absolute Gasteiger partial charge is 0.312 e. The van der Waals surface area contributed by atoms with Gasteiger partial charge in [-0.3, -0.25) is 14.8 Å². The normalized spacial score (nSPS) is 12.4. The monoisotopic (exact) mass is 297 g/mol. The van der Waals surface area contributed by atoms with Crippen molar-refractivity contribution >= 4 is 5.69 Å². The van der Waals surface area contributed by atoms with E-state index < -0.39 is 22.7 Å². The van der Waals surface area contributed by atoms with Crippen LogP contribution in [0.15, 0.2) is 18.2 Å². The number of rotatable bonds is 4. The average molecular weight is 297 g/mol. The van der Waals surface area contributed by atoms with Crippen LogP contribution in [-0.2, 0) is 6.54 Å². The summed E-state index contributed by atoms with van der Waals surface area (Å²) in [7, 11) is 0. The number of aliphatic hydroxyl groups is 1. The van der Waals surface area contributed by atoms with Crippen molar-refractivity contribution in [2.24, 2.45) is 0 Å². The van der Waals surface area contributed by atoms with E-state index in [1.165, 1.54) is 18.5 Å². The zero-order valence-electron chi connectivity index (χ0n) is 11.4.